The lowest BCUT2D eigenvalue weighted by molar-refractivity contribution is 0.632. The second-order valence-electron chi connectivity index (χ2n) is 8.26. The molecule has 0 fully saturated rings. The Morgan fingerprint density at radius 3 is 2.06 bits per heavy atom. The predicted molar refractivity (Wildman–Crippen MR) is 132 cm³/mol. The highest BCUT2D eigenvalue weighted by Crippen LogP contribution is 2.30. The van der Waals surface area contributed by atoms with E-state index in [1.54, 1.807) is 18.2 Å². The van der Waals surface area contributed by atoms with E-state index in [2.05, 4.69) is 43.3 Å². The maximum atomic E-state index is 14.9. The van der Waals surface area contributed by atoms with Gasteiger partial charge in [-0.2, -0.15) is 0 Å². The van der Waals surface area contributed by atoms with Crippen molar-refractivity contribution in [2.24, 2.45) is 0 Å². The summed E-state index contributed by atoms with van der Waals surface area (Å²) in [4.78, 5) is 0. The first kappa shape index (κ1) is 21.6. The average Bonchev–Trinajstić information content (AvgIpc) is 2.79. The number of rotatable bonds is 8. The second kappa shape index (κ2) is 10.1. The molecule has 0 saturated heterocycles. The van der Waals surface area contributed by atoms with E-state index in [0.717, 1.165) is 23.1 Å². The van der Waals surface area contributed by atoms with Crippen LogP contribution in [0, 0.1) is 5.82 Å². The van der Waals surface area contributed by atoms with Crippen LogP contribution in [-0.4, -0.2) is 0 Å². The fraction of sp³-hybridized carbons (Fsp3) is 0.241. The highest BCUT2D eigenvalue weighted by atomic mass is 35.5. The summed E-state index contributed by atoms with van der Waals surface area (Å²) < 4.78 is 14.9. The molecule has 0 nitrogen and oxygen atoms in total. The first-order valence-corrected chi connectivity index (χ1v) is 11.6. The quantitative estimate of drug-likeness (QED) is 0.244. The SMILES string of the molecule is CCCCCCCc1ccc2cc(-c3ccc(-c4ccc(Cl)cc4)c(F)c3)ccc2c1. The first-order chi connectivity index (χ1) is 15.1. The molecule has 158 valence electrons. The molecule has 4 rings (SSSR count). The van der Waals surface area contributed by atoms with Crippen LogP contribution in [0.3, 0.4) is 0 Å². The minimum atomic E-state index is -0.224. The smallest absolute Gasteiger partial charge is 0.131 e. The number of fused-ring (bicyclic) bond motifs is 1. The minimum absolute atomic E-state index is 0.224. The third-order valence-electron chi connectivity index (χ3n) is 5.93. The highest BCUT2D eigenvalue weighted by molar-refractivity contribution is 6.30. The van der Waals surface area contributed by atoms with Crippen molar-refractivity contribution in [3.8, 4) is 22.3 Å². The van der Waals surface area contributed by atoms with E-state index in [9.17, 15) is 4.39 Å². The van der Waals surface area contributed by atoms with Crippen molar-refractivity contribution in [2.75, 3.05) is 0 Å². The Morgan fingerprint density at radius 1 is 0.645 bits per heavy atom. The summed E-state index contributed by atoms with van der Waals surface area (Å²) in [5.41, 5.74) is 4.73. The van der Waals surface area contributed by atoms with E-state index < -0.39 is 0 Å². The van der Waals surface area contributed by atoms with E-state index in [0.29, 0.717) is 10.6 Å². The summed E-state index contributed by atoms with van der Waals surface area (Å²) in [7, 11) is 0. The zero-order chi connectivity index (χ0) is 21.6. The maximum Gasteiger partial charge on any atom is 0.131 e. The van der Waals surface area contributed by atoms with E-state index >= 15 is 0 Å². The molecule has 0 atom stereocenters. The van der Waals surface area contributed by atoms with Gasteiger partial charge in [0.05, 0.1) is 0 Å². The van der Waals surface area contributed by atoms with Crippen LogP contribution < -0.4 is 0 Å². The molecule has 0 unspecified atom stereocenters. The third-order valence-corrected chi connectivity index (χ3v) is 6.18. The number of benzene rings is 4. The summed E-state index contributed by atoms with van der Waals surface area (Å²) in [6.45, 7) is 2.25. The monoisotopic (exact) mass is 430 g/mol. The molecule has 31 heavy (non-hydrogen) atoms. The van der Waals surface area contributed by atoms with Crippen LogP contribution in [0.25, 0.3) is 33.0 Å². The van der Waals surface area contributed by atoms with Gasteiger partial charge in [-0.1, -0.05) is 98.8 Å². The lowest BCUT2D eigenvalue weighted by Gasteiger charge is -2.09. The lowest BCUT2D eigenvalue weighted by atomic mass is 9.96. The number of unbranched alkanes of at least 4 members (excludes halogenated alkanes) is 4. The van der Waals surface area contributed by atoms with E-state index in [1.165, 1.54) is 48.4 Å². The molecule has 0 aliphatic carbocycles. The van der Waals surface area contributed by atoms with E-state index in [4.69, 9.17) is 11.6 Å². The summed E-state index contributed by atoms with van der Waals surface area (Å²) in [5.74, 6) is -0.224. The van der Waals surface area contributed by atoms with Gasteiger partial charge in [0.2, 0.25) is 0 Å². The van der Waals surface area contributed by atoms with Crippen molar-refractivity contribution in [1.29, 1.82) is 0 Å². The Bertz CT molecular complexity index is 1160. The standard InChI is InChI=1S/C29H28ClF/c1-2-3-4-5-6-7-21-8-9-24-19-25(11-10-23(24)18-21)26-14-17-28(29(31)20-26)22-12-15-27(30)16-13-22/h8-20H,2-7H2,1H3. The highest BCUT2D eigenvalue weighted by Gasteiger charge is 2.08. The van der Waals surface area contributed by atoms with Crippen LogP contribution >= 0.6 is 11.6 Å². The van der Waals surface area contributed by atoms with Gasteiger partial charge in [0.1, 0.15) is 5.82 Å². The zero-order valence-corrected chi connectivity index (χ0v) is 18.8. The van der Waals surface area contributed by atoms with Crippen molar-refractivity contribution in [1.82, 2.24) is 0 Å². The van der Waals surface area contributed by atoms with E-state index in [-0.39, 0.29) is 5.82 Å². The molecule has 0 heterocycles. The lowest BCUT2D eigenvalue weighted by Crippen LogP contribution is -1.88. The summed E-state index contributed by atoms with van der Waals surface area (Å²) in [6, 6.07) is 25.8. The minimum Gasteiger partial charge on any atom is -0.206 e. The first-order valence-electron chi connectivity index (χ1n) is 11.2. The molecule has 2 heteroatoms. The Hall–Kier alpha value is -2.64. The molecule has 0 aliphatic rings. The summed E-state index contributed by atoms with van der Waals surface area (Å²) in [6.07, 6.45) is 7.65. The Balaban J connectivity index is 1.52. The van der Waals surface area contributed by atoms with Crippen molar-refractivity contribution in [2.45, 2.75) is 45.4 Å². The molecule has 0 aromatic heterocycles. The van der Waals surface area contributed by atoms with Crippen LogP contribution in [-0.2, 0) is 6.42 Å². The molecule has 0 spiro atoms. The van der Waals surface area contributed by atoms with Crippen molar-refractivity contribution in [3.63, 3.8) is 0 Å². The molecule has 0 radical (unpaired) electrons. The largest absolute Gasteiger partial charge is 0.206 e. The topological polar surface area (TPSA) is 0 Å². The Morgan fingerprint density at radius 2 is 1.29 bits per heavy atom. The Kier molecular flexibility index (Phi) is 7.04. The summed E-state index contributed by atoms with van der Waals surface area (Å²) >= 11 is 5.95. The molecule has 0 N–H and O–H groups in total. The van der Waals surface area contributed by atoms with Crippen LogP contribution in [0.4, 0.5) is 4.39 Å². The molecule has 0 saturated carbocycles. The predicted octanol–water partition coefficient (Wildman–Crippen LogP) is 9.48. The zero-order valence-electron chi connectivity index (χ0n) is 18.0. The van der Waals surface area contributed by atoms with Crippen molar-refractivity contribution < 1.29 is 4.39 Å². The van der Waals surface area contributed by atoms with Gasteiger partial charge in [-0.05, 0) is 70.1 Å². The molecule has 0 aliphatic heterocycles. The van der Waals surface area contributed by atoms with Gasteiger partial charge < -0.3 is 0 Å². The average molecular weight is 431 g/mol. The number of halogens is 2. The number of aryl methyl sites for hydroxylation is 1. The summed E-state index contributed by atoms with van der Waals surface area (Å²) in [5, 5.41) is 3.08. The van der Waals surface area contributed by atoms with Gasteiger partial charge >= 0.3 is 0 Å². The van der Waals surface area contributed by atoms with Crippen molar-refractivity contribution in [3.05, 3.63) is 95.3 Å². The van der Waals surface area contributed by atoms with Crippen LogP contribution in [0.5, 0.6) is 0 Å². The van der Waals surface area contributed by atoms with Gasteiger partial charge in [0.25, 0.3) is 0 Å². The normalized spacial score (nSPS) is 11.2. The fourth-order valence-electron chi connectivity index (χ4n) is 4.12. The van der Waals surface area contributed by atoms with Crippen LogP contribution in [0.1, 0.15) is 44.6 Å². The van der Waals surface area contributed by atoms with Gasteiger partial charge in [-0.15, -0.1) is 0 Å². The Labute approximate surface area is 189 Å². The van der Waals surface area contributed by atoms with E-state index in [1.807, 2.05) is 24.3 Å². The number of hydrogen-bond donors (Lipinski definition) is 0. The molecule has 0 amide bonds. The third kappa shape index (κ3) is 5.35. The maximum absolute atomic E-state index is 14.9. The molecule has 4 aromatic rings. The molecular formula is C29H28ClF. The van der Waals surface area contributed by atoms with Gasteiger partial charge in [0, 0.05) is 10.6 Å². The fourth-order valence-corrected chi connectivity index (χ4v) is 4.25. The molecule has 4 aromatic carbocycles. The van der Waals surface area contributed by atoms with Gasteiger partial charge in [0.15, 0.2) is 0 Å². The van der Waals surface area contributed by atoms with Gasteiger partial charge in [-0.3, -0.25) is 0 Å². The van der Waals surface area contributed by atoms with Crippen LogP contribution in [0.15, 0.2) is 78.9 Å². The van der Waals surface area contributed by atoms with Crippen molar-refractivity contribution >= 4 is 22.4 Å². The second-order valence-corrected chi connectivity index (χ2v) is 8.70. The van der Waals surface area contributed by atoms with Gasteiger partial charge in [-0.25, -0.2) is 4.39 Å². The molecule has 0 bridgehead atoms. The molecular weight excluding hydrogens is 403 g/mol. The van der Waals surface area contributed by atoms with Crippen LogP contribution in [0.2, 0.25) is 5.02 Å². The number of hydrogen-bond acceptors (Lipinski definition) is 0.